The SMILES string of the molecule is CC(C)(C)OCC(NC(=O)OCc1ccccc1)C(=O)NC1CCOC1O. The van der Waals surface area contributed by atoms with Gasteiger partial charge in [-0.3, -0.25) is 4.79 Å². The van der Waals surface area contributed by atoms with Gasteiger partial charge in [0.25, 0.3) is 0 Å². The van der Waals surface area contributed by atoms with Gasteiger partial charge in [-0.05, 0) is 32.8 Å². The molecule has 8 nitrogen and oxygen atoms in total. The Morgan fingerprint density at radius 1 is 1.30 bits per heavy atom. The molecule has 1 aliphatic heterocycles. The number of carbonyl (C=O) groups excluding carboxylic acids is 2. The number of hydrogen-bond acceptors (Lipinski definition) is 6. The average molecular weight is 380 g/mol. The first-order valence-electron chi connectivity index (χ1n) is 8.96. The molecular weight excluding hydrogens is 352 g/mol. The number of aliphatic hydroxyl groups excluding tert-OH is 1. The molecule has 1 aliphatic rings. The summed E-state index contributed by atoms with van der Waals surface area (Å²) in [5, 5.41) is 14.9. The quantitative estimate of drug-likeness (QED) is 0.659. The maximum Gasteiger partial charge on any atom is 0.408 e. The summed E-state index contributed by atoms with van der Waals surface area (Å²) in [7, 11) is 0. The molecule has 2 rings (SSSR count). The van der Waals surface area contributed by atoms with Crippen LogP contribution in [0.25, 0.3) is 0 Å². The molecule has 0 aromatic heterocycles. The lowest BCUT2D eigenvalue weighted by molar-refractivity contribution is -0.130. The smallest absolute Gasteiger partial charge is 0.408 e. The predicted octanol–water partition coefficient (Wildman–Crippen LogP) is 1.32. The van der Waals surface area contributed by atoms with Crippen molar-refractivity contribution >= 4 is 12.0 Å². The van der Waals surface area contributed by atoms with Crippen LogP contribution in [0, 0.1) is 0 Å². The Morgan fingerprint density at radius 3 is 2.59 bits per heavy atom. The molecule has 1 saturated heterocycles. The van der Waals surface area contributed by atoms with Crippen LogP contribution >= 0.6 is 0 Å². The van der Waals surface area contributed by atoms with Crippen LogP contribution in [0.1, 0.15) is 32.8 Å². The van der Waals surface area contributed by atoms with Gasteiger partial charge in [0.1, 0.15) is 12.6 Å². The van der Waals surface area contributed by atoms with E-state index in [0.717, 1.165) is 5.56 Å². The van der Waals surface area contributed by atoms with Gasteiger partial charge in [0.15, 0.2) is 6.29 Å². The van der Waals surface area contributed by atoms with E-state index in [0.29, 0.717) is 13.0 Å². The van der Waals surface area contributed by atoms with E-state index in [1.54, 1.807) is 0 Å². The second kappa shape index (κ2) is 9.68. The van der Waals surface area contributed by atoms with Gasteiger partial charge in [0.2, 0.25) is 5.91 Å². The number of rotatable bonds is 7. The molecule has 1 aromatic rings. The molecule has 150 valence electrons. The highest BCUT2D eigenvalue weighted by Gasteiger charge is 2.31. The number of hydrogen-bond donors (Lipinski definition) is 3. The summed E-state index contributed by atoms with van der Waals surface area (Å²) < 4.78 is 15.8. The lowest BCUT2D eigenvalue weighted by Gasteiger charge is -2.26. The highest BCUT2D eigenvalue weighted by Crippen LogP contribution is 2.12. The summed E-state index contributed by atoms with van der Waals surface area (Å²) in [6, 6.07) is 7.76. The van der Waals surface area contributed by atoms with Gasteiger partial charge < -0.3 is 30.0 Å². The number of nitrogens with one attached hydrogen (secondary N) is 2. The van der Waals surface area contributed by atoms with Crippen molar-refractivity contribution in [2.24, 2.45) is 0 Å². The van der Waals surface area contributed by atoms with Crippen molar-refractivity contribution in [2.75, 3.05) is 13.2 Å². The standard InChI is InChI=1S/C19H28N2O6/c1-19(2,3)27-12-15(16(22)20-14-9-10-25-17(14)23)21-18(24)26-11-13-7-5-4-6-8-13/h4-8,14-15,17,23H,9-12H2,1-3H3,(H,20,22)(H,21,24). The minimum Gasteiger partial charge on any atom is -0.445 e. The molecule has 3 unspecified atom stereocenters. The summed E-state index contributed by atoms with van der Waals surface area (Å²) in [4.78, 5) is 24.7. The van der Waals surface area contributed by atoms with Crippen LogP contribution in [0.2, 0.25) is 0 Å². The van der Waals surface area contributed by atoms with Gasteiger partial charge in [0.05, 0.1) is 24.9 Å². The molecule has 1 heterocycles. The van der Waals surface area contributed by atoms with E-state index in [9.17, 15) is 14.7 Å². The van der Waals surface area contributed by atoms with Crippen molar-refractivity contribution in [3.05, 3.63) is 35.9 Å². The summed E-state index contributed by atoms with van der Waals surface area (Å²) >= 11 is 0. The van der Waals surface area contributed by atoms with Crippen molar-refractivity contribution < 1.29 is 28.9 Å². The minimum absolute atomic E-state index is 0.0283. The van der Waals surface area contributed by atoms with Crippen LogP contribution in [0.3, 0.4) is 0 Å². The van der Waals surface area contributed by atoms with Gasteiger partial charge >= 0.3 is 6.09 Å². The van der Waals surface area contributed by atoms with Gasteiger partial charge in [-0.2, -0.15) is 0 Å². The monoisotopic (exact) mass is 380 g/mol. The van der Waals surface area contributed by atoms with Crippen molar-refractivity contribution in [2.45, 2.75) is 57.8 Å². The van der Waals surface area contributed by atoms with Crippen LogP contribution < -0.4 is 10.6 Å². The van der Waals surface area contributed by atoms with Crippen LogP contribution in [-0.2, 0) is 25.6 Å². The lowest BCUT2D eigenvalue weighted by atomic mass is 10.1. The van der Waals surface area contributed by atoms with E-state index in [4.69, 9.17) is 14.2 Å². The third-order valence-electron chi connectivity index (χ3n) is 3.89. The van der Waals surface area contributed by atoms with E-state index >= 15 is 0 Å². The van der Waals surface area contributed by atoms with Gasteiger partial charge in [-0.25, -0.2) is 4.79 Å². The zero-order chi connectivity index (χ0) is 19.9. The largest absolute Gasteiger partial charge is 0.445 e. The minimum atomic E-state index is -1.05. The molecule has 0 aliphatic carbocycles. The number of aliphatic hydroxyl groups is 1. The second-order valence-corrected chi connectivity index (χ2v) is 7.35. The zero-order valence-electron chi connectivity index (χ0n) is 15.9. The van der Waals surface area contributed by atoms with Crippen LogP contribution in [0.5, 0.6) is 0 Å². The maximum atomic E-state index is 12.5. The van der Waals surface area contributed by atoms with E-state index < -0.39 is 36.0 Å². The van der Waals surface area contributed by atoms with Crippen LogP contribution in [0.4, 0.5) is 4.79 Å². The van der Waals surface area contributed by atoms with Crippen molar-refractivity contribution in [3.63, 3.8) is 0 Å². The first kappa shape index (κ1) is 21.1. The fraction of sp³-hybridized carbons (Fsp3) is 0.579. The first-order chi connectivity index (χ1) is 12.7. The molecule has 3 N–H and O–H groups in total. The zero-order valence-corrected chi connectivity index (χ0v) is 15.9. The number of ether oxygens (including phenoxy) is 3. The Hall–Kier alpha value is -2.16. The molecule has 1 fully saturated rings. The summed E-state index contributed by atoms with van der Waals surface area (Å²) in [5.74, 6) is -0.467. The molecule has 0 saturated carbocycles. The van der Waals surface area contributed by atoms with Crippen LogP contribution in [0.15, 0.2) is 30.3 Å². The van der Waals surface area contributed by atoms with Crippen LogP contribution in [-0.4, -0.2) is 54.3 Å². The number of amides is 2. The van der Waals surface area contributed by atoms with Gasteiger partial charge in [0, 0.05) is 0 Å². The lowest BCUT2D eigenvalue weighted by Crippen LogP contribution is -2.54. The molecule has 8 heteroatoms. The Morgan fingerprint density at radius 2 is 2.00 bits per heavy atom. The van der Waals surface area contributed by atoms with E-state index in [-0.39, 0.29) is 13.2 Å². The third-order valence-corrected chi connectivity index (χ3v) is 3.89. The van der Waals surface area contributed by atoms with E-state index in [1.807, 2.05) is 51.1 Å². The maximum absolute atomic E-state index is 12.5. The molecule has 27 heavy (non-hydrogen) atoms. The highest BCUT2D eigenvalue weighted by atomic mass is 16.6. The fourth-order valence-electron chi connectivity index (χ4n) is 2.42. The Bertz CT molecular complexity index is 616. The van der Waals surface area contributed by atoms with E-state index in [1.165, 1.54) is 0 Å². The molecular formula is C19H28N2O6. The molecule has 0 spiro atoms. The number of carbonyl (C=O) groups is 2. The number of alkyl carbamates (subject to hydrolysis) is 1. The molecule has 1 aromatic carbocycles. The summed E-state index contributed by atoms with van der Waals surface area (Å²) in [5.41, 5.74) is 0.357. The average Bonchev–Trinajstić information content (AvgIpc) is 3.01. The van der Waals surface area contributed by atoms with Gasteiger partial charge in [-0.15, -0.1) is 0 Å². The Balaban J connectivity index is 1.91. The second-order valence-electron chi connectivity index (χ2n) is 7.35. The Kier molecular flexibility index (Phi) is 7.58. The van der Waals surface area contributed by atoms with Crippen molar-refractivity contribution in [1.82, 2.24) is 10.6 Å². The molecule has 0 radical (unpaired) electrons. The molecule has 2 amide bonds. The van der Waals surface area contributed by atoms with Crippen molar-refractivity contribution in [1.29, 1.82) is 0 Å². The Labute approximate surface area is 159 Å². The van der Waals surface area contributed by atoms with E-state index in [2.05, 4.69) is 10.6 Å². The predicted molar refractivity (Wildman–Crippen MR) is 97.8 cm³/mol. The van der Waals surface area contributed by atoms with Crippen molar-refractivity contribution in [3.8, 4) is 0 Å². The topological polar surface area (TPSA) is 106 Å². The molecule has 3 atom stereocenters. The van der Waals surface area contributed by atoms with Gasteiger partial charge in [-0.1, -0.05) is 30.3 Å². The normalized spacial score (nSPS) is 20.7. The molecule has 0 bridgehead atoms. The first-order valence-corrected chi connectivity index (χ1v) is 8.96. The number of benzene rings is 1. The third kappa shape index (κ3) is 7.54. The highest BCUT2D eigenvalue weighted by molar-refractivity contribution is 5.86. The summed E-state index contributed by atoms with van der Waals surface area (Å²) in [6.07, 6.45) is -1.28. The summed E-state index contributed by atoms with van der Waals surface area (Å²) in [6.45, 7) is 5.98. The fourth-order valence-corrected chi connectivity index (χ4v) is 2.42.